The third kappa shape index (κ3) is 4.04. The molecule has 2 aromatic carbocycles. The molecule has 0 aliphatic heterocycles. The number of benzene rings is 2. The van der Waals surface area contributed by atoms with Crippen LogP contribution in [0.4, 0.5) is 4.79 Å². The van der Waals surface area contributed by atoms with Gasteiger partial charge in [0.25, 0.3) is 0 Å². The van der Waals surface area contributed by atoms with E-state index in [-0.39, 0.29) is 11.9 Å². The van der Waals surface area contributed by atoms with Crippen LogP contribution in [0.2, 0.25) is 0 Å². The number of amides is 1. The highest BCUT2D eigenvalue weighted by Gasteiger charge is 2.28. The van der Waals surface area contributed by atoms with Crippen molar-refractivity contribution in [2.75, 3.05) is 20.3 Å². The molecule has 0 heterocycles. The topological polar surface area (TPSA) is 64.6 Å². The minimum atomic E-state index is -0.426. The molecule has 0 radical (unpaired) electrons. The van der Waals surface area contributed by atoms with E-state index in [2.05, 4.69) is 34.3 Å². The molecule has 0 aromatic heterocycles. The maximum atomic E-state index is 12.0. The van der Waals surface area contributed by atoms with Crippen molar-refractivity contribution in [3.05, 3.63) is 59.7 Å². The summed E-state index contributed by atoms with van der Waals surface area (Å²) < 4.78 is 10.0. The Morgan fingerprint density at radius 3 is 2.19 bits per heavy atom. The number of fused-ring (bicyclic) bond motifs is 3. The van der Waals surface area contributed by atoms with Crippen LogP contribution in [-0.2, 0) is 14.3 Å². The number of hydrogen-bond donors (Lipinski definition) is 1. The van der Waals surface area contributed by atoms with Gasteiger partial charge in [-0.3, -0.25) is 4.79 Å². The summed E-state index contributed by atoms with van der Waals surface area (Å²) in [6.45, 7) is 0.787. The second-order valence-electron chi connectivity index (χ2n) is 6.29. The number of hydrogen-bond acceptors (Lipinski definition) is 4. The summed E-state index contributed by atoms with van der Waals surface area (Å²) in [5.74, 6) is -0.168. The van der Waals surface area contributed by atoms with E-state index in [4.69, 9.17) is 4.74 Å². The van der Waals surface area contributed by atoms with Gasteiger partial charge in [0.2, 0.25) is 0 Å². The molecule has 5 heteroatoms. The summed E-state index contributed by atoms with van der Waals surface area (Å²) in [5, 5.41) is 2.73. The molecule has 1 aliphatic rings. The first-order chi connectivity index (χ1) is 12.7. The van der Waals surface area contributed by atoms with Crippen molar-refractivity contribution >= 4 is 12.1 Å². The number of esters is 1. The molecule has 1 amide bonds. The molecule has 0 spiro atoms. The first-order valence-electron chi connectivity index (χ1n) is 8.86. The van der Waals surface area contributed by atoms with Gasteiger partial charge in [-0.2, -0.15) is 0 Å². The number of alkyl carbamates (subject to hydrolysis) is 1. The monoisotopic (exact) mass is 353 g/mol. The van der Waals surface area contributed by atoms with Crippen molar-refractivity contribution in [3.63, 3.8) is 0 Å². The Hall–Kier alpha value is -2.82. The lowest BCUT2D eigenvalue weighted by molar-refractivity contribution is -0.140. The molecule has 1 N–H and O–H groups in total. The van der Waals surface area contributed by atoms with Crippen LogP contribution in [0.5, 0.6) is 0 Å². The fraction of sp³-hybridized carbons (Fsp3) is 0.333. The predicted octanol–water partition coefficient (Wildman–Crippen LogP) is 3.87. The van der Waals surface area contributed by atoms with Gasteiger partial charge in [0.15, 0.2) is 0 Å². The predicted molar refractivity (Wildman–Crippen MR) is 98.9 cm³/mol. The van der Waals surface area contributed by atoms with E-state index in [0.717, 1.165) is 0 Å². The van der Waals surface area contributed by atoms with Gasteiger partial charge < -0.3 is 14.8 Å². The van der Waals surface area contributed by atoms with Crippen molar-refractivity contribution in [1.82, 2.24) is 5.32 Å². The zero-order valence-corrected chi connectivity index (χ0v) is 14.9. The molecular formula is C21H23NO4. The Morgan fingerprint density at radius 2 is 1.58 bits per heavy atom. The molecule has 2 aromatic rings. The second kappa shape index (κ2) is 8.52. The first kappa shape index (κ1) is 18.0. The number of carbonyl (C=O) groups excluding carboxylic acids is 2. The summed E-state index contributed by atoms with van der Waals surface area (Å²) in [4.78, 5) is 23.0. The molecule has 0 bridgehead atoms. The van der Waals surface area contributed by atoms with Crippen LogP contribution in [0.25, 0.3) is 11.1 Å². The molecule has 0 saturated carbocycles. The molecule has 1 aliphatic carbocycles. The van der Waals surface area contributed by atoms with E-state index in [1.54, 1.807) is 0 Å². The van der Waals surface area contributed by atoms with Crippen LogP contribution >= 0.6 is 0 Å². The third-order valence-electron chi connectivity index (χ3n) is 4.65. The molecule has 0 atom stereocenters. The highest BCUT2D eigenvalue weighted by Crippen LogP contribution is 2.44. The number of rotatable bonds is 7. The molecule has 0 saturated heterocycles. The molecule has 3 rings (SSSR count). The molecule has 136 valence electrons. The Bertz CT molecular complexity index is 742. The molecule has 0 unspecified atom stereocenters. The standard InChI is InChI=1S/C21H23NO4/c1-25-20(23)12-6-7-13-22-21(24)26-14-19-17-10-4-2-8-15(17)16-9-3-5-11-18(16)19/h2-5,8-11,19H,6-7,12-14H2,1H3,(H,22,24). The summed E-state index contributed by atoms with van der Waals surface area (Å²) in [6.07, 6.45) is 1.32. The van der Waals surface area contributed by atoms with Crippen molar-refractivity contribution < 1.29 is 19.1 Å². The number of ether oxygens (including phenoxy) is 2. The van der Waals surface area contributed by atoms with E-state index in [1.807, 2.05) is 24.3 Å². The maximum absolute atomic E-state index is 12.0. The third-order valence-corrected chi connectivity index (χ3v) is 4.65. The van der Waals surface area contributed by atoms with E-state index >= 15 is 0 Å². The quantitative estimate of drug-likeness (QED) is 0.606. The van der Waals surface area contributed by atoms with Crippen LogP contribution in [-0.4, -0.2) is 32.3 Å². The molecular weight excluding hydrogens is 330 g/mol. The average molecular weight is 353 g/mol. The minimum absolute atomic E-state index is 0.0625. The van der Waals surface area contributed by atoms with Gasteiger partial charge in [0, 0.05) is 18.9 Å². The molecule has 0 fully saturated rings. The highest BCUT2D eigenvalue weighted by atomic mass is 16.5. The van der Waals surface area contributed by atoms with E-state index < -0.39 is 6.09 Å². The Morgan fingerprint density at radius 1 is 0.962 bits per heavy atom. The van der Waals surface area contributed by atoms with Gasteiger partial charge in [-0.1, -0.05) is 48.5 Å². The van der Waals surface area contributed by atoms with Gasteiger partial charge in [-0.25, -0.2) is 4.79 Å². The Balaban J connectivity index is 1.50. The van der Waals surface area contributed by atoms with E-state index in [9.17, 15) is 9.59 Å². The van der Waals surface area contributed by atoms with Crippen molar-refractivity contribution in [3.8, 4) is 11.1 Å². The summed E-state index contributed by atoms with van der Waals surface area (Å²) in [5.41, 5.74) is 4.80. The highest BCUT2D eigenvalue weighted by molar-refractivity contribution is 5.79. The Kier molecular flexibility index (Phi) is 5.89. The van der Waals surface area contributed by atoms with Gasteiger partial charge in [-0.15, -0.1) is 0 Å². The van der Waals surface area contributed by atoms with Gasteiger partial charge in [0.1, 0.15) is 6.61 Å². The van der Waals surface area contributed by atoms with Crippen LogP contribution in [0.15, 0.2) is 48.5 Å². The number of methoxy groups -OCH3 is 1. The van der Waals surface area contributed by atoms with Gasteiger partial charge >= 0.3 is 12.1 Å². The smallest absolute Gasteiger partial charge is 0.407 e. The lowest BCUT2D eigenvalue weighted by Gasteiger charge is -2.14. The summed E-state index contributed by atoms with van der Waals surface area (Å²) in [6, 6.07) is 16.5. The normalized spacial score (nSPS) is 12.2. The fourth-order valence-corrected chi connectivity index (χ4v) is 3.34. The number of unbranched alkanes of at least 4 members (excludes halogenated alkanes) is 1. The fourth-order valence-electron chi connectivity index (χ4n) is 3.34. The number of nitrogens with one attached hydrogen (secondary N) is 1. The van der Waals surface area contributed by atoms with Crippen LogP contribution < -0.4 is 5.32 Å². The van der Waals surface area contributed by atoms with Crippen LogP contribution in [0, 0.1) is 0 Å². The molecule has 26 heavy (non-hydrogen) atoms. The number of carbonyl (C=O) groups is 2. The Labute approximate surface area is 153 Å². The lowest BCUT2D eigenvalue weighted by atomic mass is 9.98. The SMILES string of the molecule is COC(=O)CCCCNC(=O)OCC1c2ccccc2-c2ccccc21. The minimum Gasteiger partial charge on any atom is -0.469 e. The zero-order valence-electron chi connectivity index (χ0n) is 14.9. The van der Waals surface area contributed by atoms with Crippen LogP contribution in [0.3, 0.4) is 0 Å². The first-order valence-corrected chi connectivity index (χ1v) is 8.86. The van der Waals surface area contributed by atoms with Gasteiger partial charge in [0.05, 0.1) is 7.11 Å². The van der Waals surface area contributed by atoms with Crippen LogP contribution in [0.1, 0.15) is 36.3 Å². The maximum Gasteiger partial charge on any atom is 0.407 e. The average Bonchev–Trinajstić information content (AvgIpc) is 3.00. The van der Waals surface area contributed by atoms with Crippen molar-refractivity contribution in [2.24, 2.45) is 0 Å². The van der Waals surface area contributed by atoms with E-state index in [1.165, 1.54) is 29.4 Å². The lowest BCUT2D eigenvalue weighted by Crippen LogP contribution is -2.27. The summed E-state index contributed by atoms with van der Waals surface area (Å²) >= 11 is 0. The van der Waals surface area contributed by atoms with Crippen molar-refractivity contribution in [2.45, 2.75) is 25.2 Å². The van der Waals surface area contributed by atoms with E-state index in [0.29, 0.717) is 32.4 Å². The summed E-state index contributed by atoms with van der Waals surface area (Å²) in [7, 11) is 1.37. The second-order valence-corrected chi connectivity index (χ2v) is 6.29. The largest absolute Gasteiger partial charge is 0.469 e. The molecule has 5 nitrogen and oxygen atoms in total. The van der Waals surface area contributed by atoms with Crippen molar-refractivity contribution in [1.29, 1.82) is 0 Å². The zero-order chi connectivity index (χ0) is 18.4. The van der Waals surface area contributed by atoms with Gasteiger partial charge in [-0.05, 0) is 35.1 Å².